The molecular formula is C21H23N5O3. The summed E-state index contributed by atoms with van der Waals surface area (Å²) in [5, 5.41) is 11.4. The van der Waals surface area contributed by atoms with Crippen molar-refractivity contribution in [3.8, 4) is 11.9 Å². The minimum absolute atomic E-state index is 0.106. The van der Waals surface area contributed by atoms with E-state index in [2.05, 4.69) is 15.2 Å². The topological polar surface area (TPSA) is 90.2 Å². The second-order valence-electron chi connectivity index (χ2n) is 6.26. The number of anilines is 1. The van der Waals surface area contributed by atoms with E-state index in [0.29, 0.717) is 31.1 Å². The van der Waals surface area contributed by atoms with E-state index < -0.39 is 0 Å². The van der Waals surface area contributed by atoms with Crippen LogP contribution < -0.4 is 15.0 Å². The molecule has 0 aromatic heterocycles. The van der Waals surface area contributed by atoms with E-state index in [9.17, 15) is 4.79 Å². The number of carbonyl (C=O) groups is 1. The number of nitrogens with zero attached hydrogens (tertiary/aromatic N) is 4. The van der Waals surface area contributed by atoms with Gasteiger partial charge in [-0.05, 0) is 43.3 Å². The van der Waals surface area contributed by atoms with Gasteiger partial charge in [-0.1, -0.05) is 18.2 Å². The van der Waals surface area contributed by atoms with Crippen LogP contribution >= 0.6 is 0 Å². The van der Waals surface area contributed by atoms with E-state index in [-0.39, 0.29) is 12.1 Å². The number of ether oxygens (including phenoxy) is 2. The van der Waals surface area contributed by atoms with Gasteiger partial charge in [-0.3, -0.25) is 0 Å². The number of para-hydroxylation sites is 1. The van der Waals surface area contributed by atoms with Crippen LogP contribution in [-0.2, 0) is 4.74 Å². The number of hydrogen-bond acceptors (Lipinski definition) is 6. The van der Waals surface area contributed by atoms with Crippen molar-refractivity contribution in [2.75, 3.05) is 37.7 Å². The van der Waals surface area contributed by atoms with Crippen LogP contribution in [0, 0.1) is 11.5 Å². The standard InChI is InChI=1S/C21H23N5O3/c1-2-28-21(27)26-14-12-25(13-15-26)18-10-8-17(9-11-18)24-20(23-16-22)29-19-6-4-3-5-7-19/h3-11H,2,12-15H2,1H3,(H,23,24). The van der Waals surface area contributed by atoms with E-state index in [1.54, 1.807) is 24.0 Å². The minimum atomic E-state index is -0.257. The van der Waals surface area contributed by atoms with Gasteiger partial charge >= 0.3 is 12.1 Å². The molecule has 1 heterocycles. The first-order valence-electron chi connectivity index (χ1n) is 9.43. The molecule has 8 heteroatoms. The molecule has 3 rings (SSSR count). The first kappa shape index (κ1) is 20.0. The molecule has 1 fully saturated rings. The molecule has 2 aromatic rings. The molecule has 29 heavy (non-hydrogen) atoms. The SMILES string of the molecule is CCOC(=O)N1CCN(c2ccc(N=C(NC#N)Oc3ccccc3)cc2)CC1. The monoisotopic (exact) mass is 393 g/mol. The lowest BCUT2D eigenvalue weighted by molar-refractivity contribution is 0.105. The Morgan fingerprint density at radius 2 is 1.79 bits per heavy atom. The Bertz CT molecular complexity index is 869. The molecule has 0 unspecified atom stereocenters. The Hall–Kier alpha value is -3.73. The fourth-order valence-corrected chi connectivity index (χ4v) is 2.94. The Kier molecular flexibility index (Phi) is 6.90. The smallest absolute Gasteiger partial charge is 0.409 e. The summed E-state index contributed by atoms with van der Waals surface area (Å²) < 4.78 is 10.7. The van der Waals surface area contributed by atoms with Crippen LogP contribution in [0.5, 0.6) is 5.75 Å². The zero-order valence-corrected chi connectivity index (χ0v) is 16.2. The van der Waals surface area contributed by atoms with Crippen molar-refractivity contribution in [1.29, 1.82) is 5.26 Å². The second kappa shape index (κ2) is 9.99. The summed E-state index contributed by atoms with van der Waals surface area (Å²) in [5.74, 6) is 0.588. The van der Waals surface area contributed by atoms with Gasteiger partial charge in [0.25, 0.3) is 0 Å². The van der Waals surface area contributed by atoms with Crippen molar-refractivity contribution in [3.63, 3.8) is 0 Å². The van der Waals surface area contributed by atoms with Crippen molar-refractivity contribution in [2.45, 2.75) is 6.92 Å². The van der Waals surface area contributed by atoms with E-state index in [0.717, 1.165) is 18.8 Å². The van der Waals surface area contributed by atoms with E-state index in [4.69, 9.17) is 14.7 Å². The fourth-order valence-electron chi connectivity index (χ4n) is 2.94. The van der Waals surface area contributed by atoms with Gasteiger partial charge in [-0.15, -0.1) is 0 Å². The summed E-state index contributed by atoms with van der Waals surface area (Å²) in [6.07, 6.45) is 1.58. The number of amidine groups is 1. The highest BCUT2D eigenvalue weighted by molar-refractivity contribution is 5.80. The molecule has 0 radical (unpaired) electrons. The van der Waals surface area contributed by atoms with Crippen LogP contribution in [0.25, 0.3) is 0 Å². The number of amides is 1. The number of rotatable bonds is 4. The van der Waals surface area contributed by atoms with Crippen LogP contribution in [0.4, 0.5) is 16.2 Å². The molecule has 1 saturated heterocycles. The van der Waals surface area contributed by atoms with Crippen LogP contribution in [0.15, 0.2) is 59.6 Å². The van der Waals surface area contributed by atoms with Gasteiger partial charge in [0.1, 0.15) is 5.75 Å². The minimum Gasteiger partial charge on any atom is -0.450 e. The molecular weight excluding hydrogens is 370 g/mol. The van der Waals surface area contributed by atoms with Crippen molar-refractivity contribution in [2.24, 2.45) is 4.99 Å². The third kappa shape index (κ3) is 5.62. The number of nitriles is 1. The Labute approximate surface area is 170 Å². The van der Waals surface area contributed by atoms with Crippen LogP contribution in [0.3, 0.4) is 0 Å². The summed E-state index contributed by atoms with van der Waals surface area (Å²) in [5.41, 5.74) is 1.71. The highest BCUT2D eigenvalue weighted by Crippen LogP contribution is 2.22. The molecule has 1 N–H and O–H groups in total. The number of aliphatic imine (C=N–C) groups is 1. The first-order valence-corrected chi connectivity index (χ1v) is 9.43. The van der Waals surface area contributed by atoms with Crippen LogP contribution in [0.1, 0.15) is 6.92 Å². The second-order valence-corrected chi connectivity index (χ2v) is 6.26. The molecule has 1 amide bonds. The van der Waals surface area contributed by atoms with Crippen LogP contribution in [0.2, 0.25) is 0 Å². The van der Waals surface area contributed by atoms with Crippen LogP contribution in [-0.4, -0.2) is 49.8 Å². The normalized spacial score (nSPS) is 14.1. The molecule has 0 spiro atoms. The maximum atomic E-state index is 11.8. The largest absolute Gasteiger partial charge is 0.450 e. The van der Waals surface area contributed by atoms with Gasteiger partial charge in [-0.2, -0.15) is 10.3 Å². The lowest BCUT2D eigenvalue weighted by Gasteiger charge is -2.35. The molecule has 1 aliphatic heterocycles. The maximum absolute atomic E-state index is 11.8. The molecule has 8 nitrogen and oxygen atoms in total. The van der Waals surface area contributed by atoms with Crippen molar-refractivity contribution in [1.82, 2.24) is 10.2 Å². The fraction of sp³-hybridized carbons (Fsp3) is 0.286. The third-order valence-electron chi connectivity index (χ3n) is 4.37. The molecule has 150 valence electrons. The van der Waals surface area contributed by atoms with Gasteiger partial charge in [-0.25, -0.2) is 10.1 Å². The zero-order valence-electron chi connectivity index (χ0n) is 16.2. The van der Waals surface area contributed by atoms with E-state index in [1.807, 2.05) is 48.7 Å². The number of hydrogen-bond donors (Lipinski definition) is 1. The highest BCUT2D eigenvalue weighted by Gasteiger charge is 2.21. The Morgan fingerprint density at radius 1 is 1.10 bits per heavy atom. The molecule has 0 bridgehead atoms. The van der Waals surface area contributed by atoms with Crippen molar-refractivity contribution < 1.29 is 14.3 Å². The molecule has 0 saturated carbocycles. The number of benzene rings is 2. The van der Waals surface area contributed by atoms with Gasteiger partial charge in [0.05, 0.1) is 12.3 Å². The number of piperazine rings is 1. The lowest BCUT2D eigenvalue weighted by Crippen LogP contribution is -2.48. The Morgan fingerprint density at radius 3 is 2.41 bits per heavy atom. The first-order chi connectivity index (χ1) is 14.2. The molecule has 0 aliphatic carbocycles. The van der Waals surface area contributed by atoms with Gasteiger partial charge in [0, 0.05) is 31.9 Å². The predicted molar refractivity (Wildman–Crippen MR) is 110 cm³/mol. The van der Waals surface area contributed by atoms with Gasteiger partial charge in [0.15, 0.2) is 6.19 Å². The van der Waals surface area contributed by atoms with Crippen molar-refractivity contribution >= 4 is 23.5 Å². The number of nitrogens with one attached hydrogen (secondary N) is 1. The summed E-state index contributed by atoms with van der Waals surface area (Å²) in [4.78, 5) is 20.1. The Balaban J connectivity index is 1.62. The average Bonchev–Trinajstić information content (AvgIpc) is 2.75. The zero-order chi connectivity index (χ0) is 20.5. The molecule has 2 aromatic carbocycles. The average molecular weight is 393 g/mol. The van der Waals surface area contributed by atoms with Gasteiger partial charge < -0.3 is 19.3 Å². The molecule has 1 aliphatic rings. The molecule has 0 atom stereocenters. The van der Waals surface area contributed by atoms with Gasteiger partial charge in [0.2, 0.25) is 0 Å². The lowest BCUT2D eigenvalue weighted by atomic mass is 10.2. The summed E-state index contributed by atoms with van der Waals surface area (Å²) in [6, 6.07) is 16.9. The highest BCUT2D eigenvalue weighted by atomic mass is 16.6. The summed E-state index contributed by atoms with van der Waals surface area (Å²) in [6.45, 7) is 4.91. The number of carbonyl (C=O) groups excluding carboxylic acids is 1. The quantitative estimate of drug-likeness (QED) is 0.372. The third-order valence-corrected chi connectivity index (χ3v) is 4.37. The van der Waals surface area contributed by atoms with E-state index >= 15 is 0 Å². The predicted octanol–water partition coefficient (Wildman–Crippen LogP) is 3.10. The summed E-state index contributed by atoms with van der Waals surface area (Å²) in [7, 11) is 0. The van der Waals surface area contributed by atoms with Crippen molar-refractivity contribution in [3.05, 3.63) is 54.6 Å². The van der Waals surface area contributed by atoms with E-state index in [1.165, 1.54) is 0 Å². The maximum Gasteiger partial charge on any atom is 0.409 e. The summed E-state index contributed by atoms with van der Waals surface area (Å²) >= 11 is 0.